The summed E-state index contributed by atoms with van der Waals surface area (Å²) >= 11 is 0. The van der Waals surface area contributed by atoms with Crippen LogP contribution in [0.4, 0.5) is 0 Å². The second-order valence-electron chi connectivity index (χ2n) is 2.56. The highest BCUT2D eigenvalue weighted by molar-refractivity contribution is 5.19. The minimum absolute atomic E-state index is 0.0977. The third-order valence-corrected chi connectivity index (χ3v) is 1.68. The summed E-state index contributed by atoms with van der Waals surface area (Å²) in [4.78, 5) is 0. The molecule has 1 aromatic heterocycles. The van der Waals surface area contributed by atoms with Gasteiger partial charge in [0.1, 0.15) is 0 Å². The molecule has 1 aromatic rings. The third kappa shape index (κ3) is 1.93. The molecule has 1 unspecified atom stereocenters. The summed E-state index contributed by atoms with van der Waals surface area (Å²) in [6.07, 6.45) is 5.63. The summed E-state index contributed by atoms with van der Waals surface area (Å²) in [5.74, 6) is 0. The molecular weight excluding hydrogens is 154 g/mol. The average molecular weight is 167 g/mol. The molecule has 4 nitrogen and oxygen atoms in total. The van der Waals surface area contributed by atoms with Gasteiger partial charge < -0.3 is 10.8 Å². The zero-order valence-corrected chi connectivity index (χ0v) is 6.85. The fourth-order valence-electron chi connectivity index (χ4n) is 0.950. The number of aliphatic hydroxyl groups is 1. The van der Waals surface area contributed by atoms with Crippen LogP contribution < -0.4 is 5.73 Å². The highest BCUT2D eigenvalue weighted by Crippen LogP contribution is 2.11. The normalized spacial score (nSPS) is 12.8. The molecule has 12 heavy (non-hydrogen) atoms. The predicted octanol–water partition coefficient (Wildman–Crippen LogP) is 0.366. The van der Waals surface area contributed by atoms with E-state index in [9.17, 15) is 0 Å². The fraction of sp³-hybridized carbons (Fsp3) is 0.375. The van der Waals surface area contributed by atoms with E-state index in [2.05, 4.69) is 11.7 Å². The Morgan fingerprint density at radius 3 is 3.08 bits per heavy atom. The number of rotatable bonds is 4. The first-order valence-electron chi connectivity index (χ1n) is 3.81. The highest BCUT2D eigenvalue weighted by Gasteiger charge is 2.06. The Morgan fingerprint density at radius 1 is 1.83 bits per heavy atom. The van der Waals surface area contributed by atoms with Crippen molar-refractivity contribution < 1.29 is 5.11 Å². The Bertz CT molecular complexity index is 257. The summed E-state index contributed by atoms with van der Waals surface area (Å²) in [7, 11) is 0. The smallest absolute Gasteiger partial charge is 0.0541 e. The van der Waals surface area contributed by atoms with Gasteiger partial charge in [-0.25, -0.2) is 4.68 Å². The van der Waals surface area contributed by atoms with Crippen LogP contribution in [-0.2, 0) is 0 Å². The van der Waals surface area contributed by atoms with Crippen LogP contribution in [0.25, 0.3) is 6.20 Å². The number of hydrogen-bond donors (Lipinski definition) is 2. The van der Waals surface area contributed by atoms with Crippen molar-refractivity contribution in [1.29, 1.82) is 0 Å². The summed E-state index contributed by atoms with van der Waals surface area (Å²) in [6, 6.07) is -0.135. The first-order chi connectivity index (χ1) is 5.77. The van der Waals surface area contributed by atoms with Gasteiger partial charge in [-0.2, -0.15) is 5.10 Å². The SMILES string of the molecule is C=Cn1cc(C(N)CCO)cn1. The number of nitrogens with two attached hydrogens (primary N) is 1. The molecule has 0 spiro atoms. The molecule has 0 bridgehead atoms. The van der Waals surface area contributed by atoms with Gasteiger partial charge >= 0.3 is 0 Å². The van der Waals surface area contributed by atoms with E-state index >= 15 is 0 Å². The maximum absolute atomic E-state index is 8.63. The molecule has 0 amide bonds. The van der Waals surface area contributed by atoms with E-state index in [4.69, 9.17) is 10.8 Å². The van der Waals surface area contributed by atoms with Crippen LogP contribution in [0, 0.1) is 0 Å². The van der Waals surface area contributed by atoms with Crippen molar-refractivity contribution in [2.24, 2.45) is 5.73 Å². The van der Waals surface area contributed by atoms with E-state index in [1.165, 1.54) is 0 Å². The molecule has 0 aliphatic heterocycles. The van der Waals surface area contributed by atoms with Crippen LogP contribution in [0.3, 0.4) is 0 Å². The standard InChI is InChI=1S/C8H13N3O/c1-2-11-6-7(5-10-11)8(9)3-4-12/h2,5-6,8,12H,1,3-4,9H2. The lowest BCUT2D eigenvalue weighted by Crippen LogP contribution is -2.10. The van der Waals surface area contributed by atoms with Crippen molar-refractivity contribution in [3.63, 3.8) is 0 Å². The largest absolute Gasteiger partial charge is 0.396 e. The first kappa shape index (κ1) is 8.96. The average Bonchev–Trinajstić information content (AvgIpc) is 2.52. The second-order valence-corrected chi connectivity index (χ2v) is 2.56. The molecule has 0 saturated heterocycles. The van der Waals surface area contributed by atoms with E-state index in [-0.39, 0.29) is 12.6 Å². The Balaban J connectivity index is 2.67. The molecule has 1 rings (SSSR count). The van der Waals surface area contributed by atoms with Gasteiger partial charge in [-0.05, 0) is 6.42 Å². The molecule has 0 saturated carbocycles. The minimum Gasteiger partial charge on any atom is -0.396 e. The van der Waals surface area contributed by atoms with Crippen molar-refractivity contribution in [3.05, 3.63) is 24.5 Å². The quantitative estimate of drug-likeness (QED) is 0.680. The Hall–Kier alpha value is -1.13. The maximum Gasteiger partial charge on any atom is 0.0541 e. The van der Waals surface area contributed by atoms with Crippen LogP contribution in [0.2, 0.25) is 0 Å². The molecule has 0 fully saturated rings. The second kappa shape index (κ2) is 4.04. The molecule has 0 aliphatic carbocycles. The maximum atomic E-state index is 8.63. The minimum atomic E-state index is -0.135. The molecule has 1 atom stereocenters. The van der Waals surface area contributed by atoms with E-state index < -0.39 is 0 Å². The van der Waals surface area contributed by atoms with Crippen LogP contribution in [0.1, 0.15) is 18.0 Å². The number of aromatic nitrogens is 2. The van der Waals surface area contributed by atoms with E-state index in [0.29, 0.717) is 6.42 Å². The van der Waals surface area contributed by atoms with Gasteiger partial charge in [-0.3, -0.25) is 0 Å². The van der Waals surface area contributed by atoms with Gasteiger partial charge in [0.15, 0.2) is 0 Å². The van der Waals surface area contributed by atoms with Gasteiger partial charge in [0.05, 0.1) is 6.20 Å². The van der Waals surface area contributed by atoms with E-state index in [1.54, 1.807) is 23.3 Å². The lowest BCUT2D eigenvalue weighted by Gasteiger charge is -2.05. The van der Waals surface area contributed by atoms with Crippen LogP contribution >= 0.6 is 0 Å². The van der Waals surface area contributed by atoms with Crippen molar-refractivity contribution >= 4 is 6.20 Å². The van der Waals surface area contributed by atoms with Gasteiger partial charge in [0.2, 0.25) is 0 Å². The van der Waals surface area contributed by atoms with Crippen LogP contribution in [-0.4, -0.2) is 21.5 Å². The van der Waals surface area contributed by atoms with Crippen molar-refractivity contribution in [1.82, 2.24) is 9.78 Å². The Kier molecular flexibility index (Phi) is 3.01. The summed E-state index contributed by atoms with van der Waals surface area (Å²) in [5, 5.41) is 12.6. The summed E-state index contributed by atoms with van der Waals surface area (Å²) < 4.78 is 1.59. The van der Waals surface area contributed by atoms with E-state index in [1.807, 2.05) is 0 Å². The van der Waals surface area contributed by atoms with Crippen LogP contribution in [0.5, 0.6) is 0 Å². The fourth-order valence-corrected chi connectivity index (χ4v) is 0.950. The molecule has 1 heterocycles. The van der Waals surface area contributed by atoms with E-state index in [0.717, 1.165) is 5.56 Å². The Labute approximate surface area is 71.3 Å². The number of hydrogen-bond acceptors (Lipinski definition) is 3. The van der Waals surface area contributed by atoms with Crippen molar-refractivity contribution in [2.45, 2.75) is 12.5 Å². The molecule has 0 aromatic carbocycles. The molecule has 0 aliphatic rings. The predicted molar refractivity (Wildman–Crippen MR) is 47.2 cm³/mol. The third-order valence-electron chi connectivity index (χ3n) is 1.68. The van der Waals surface area contributed by atoms with Gasteiger partial charge in [0, 0.05) is 30.6 Å². The molecular formula is C8H13N3O. The van der Waals surface area contributed by atoms with Crippen LogP contribution in [0.15, 0.2) is 19.0 Å². The van der Waals surface area contributed by atoms with Crippen molar-refractivity contribution in [3.8, 4) is 0 Å². The topological polar surface area (TPSA) is 64.1 Å². The highest BCUT2D eigenvalue weighted by atomic mass is 16.3. The zero-order chi connectivity index (χ0) is 8.97. The molecule has 0 radical (unpaired) electrons. The number of nitrogens with zero attached hydrogens (tertiary/aromatic N) is 2. The summed E-state index contributed by atoms with van der Waals surface area (Å²) in [5.41, 5.74) is 6.65. The monoisotopic (exact) mass is 167 g/mol. The molecule has 66 valence electrons. The Morgan fingerprint density at radius 2 is 2.58 bits per heavy atom. The van der Waals surface area contributed by atoms with Gasteiger partial charge in [0.25, 0.3) is 0 Å². The lowest BCUT2D eigenvalue weighted by molar-refractivity contribution is 0.276. The van der Waals surface area contributed by atoms with Gasteiger partial charge in [-0.15, -0.1) is 0 Å². The van der Waals surface area contributed by atoms with Crippen molar-refractivity contribution in [2.75, 3.05) is 6.61 Å². The zero-order valence-electron chi connectivity index (χ0n) is 6.85. The summed E-state index contributed by atoms with van der Waals surface area (Å²) in [6.45, 7) is 3.66. The molecule has 3 N–H and O–H groups in total. The lowest BCUT2D eigenvalue weighted by atomic mass is 10.1. The molecule has 4 heteroatoms. The first-order valence-corrected chi connectivity index (χ1v) is 3.81. The number of aliphatic hydroxyl groups excluding tert-OH is 1. The van der Waals surface area contributed by atoms with Gasteiger partial charge in [-0.1, -0.05) is 6.58 Å².